The lowest BCUT2D eigenvalue weighted by molar-refractivity contribution is 0.187. The third-order valence-corrected chi connectivity index (χ3v) is 7.79. The molecule has 6 nitrogen and oxygen atoms in total. The van der Waals surface area contributed by atoms with Crippen LogP contribution >= 0.6 is 12.2 Å². The van der Waals surface area contributed by atoms with Gasteiger partial charge in [-0.1, -0.05) is 24.3 Å². The van der Waals surface area contributed by atoms with Crippen molar-refractivity contribution in [2.24, 2.45) is 13.0 Å². The maximum atomic E-state index is 11.7. The van der Waals surface area contributed by atoms with Gasteiger partial charge in [-0.05, 0) is 42.1 Å². The summed E-state index contributed by atoms with van der Waals surface area (Å²) in [5.41, 5.74) is 2.80. The molecule has 0 saturated carbocycles. The zero-order valence-corrected chi connectivity index (χ0v) is 16.6. The number of hydrogen-bond donors (Lipinski definition) is 0. The highest BCUT2D eigenvalue weighted by atomic mass is 32.2. The van der Waals surface area contributed by atoms with Gasteiger partial charge in [-0.2, -0.15) is 5.10 Å². The van der Waals surface area contributed by atoms with Crippen LogP contribution in [0.4, 0.5) is 0 Å². The molecule has 3 heterocycles. The minimum absolute atomic E-state index is 0.158. The molecule has 140 valence electrons. The van der Waals surface area contributed by atoms with Gasteiger partial charge in [0.05, 0.1) is 18.2 Å². The molecule has 8 heteroatoms. The lowest BCUT2D eigenvalue weighted by atomic mass is 10.0. The van der Waals surface area contributed by atoms with E-state index in [2.05, 4.69) is 29.2 Å². The Hall–Kier alpha value is -1.51. The van der Waals surface area contributed by atoms with E-state index in [4.69, 9.17) is 17.3 Å². The first-order chi connectivity index (χ1) is 12.4. The van der Waals surface area contributed by atoms with Crippen molar-refractivity contribution in [3.05, 3.63) is 46.0 Å². The lowest BCUT2D eigenvalue weighted by Gasteiger charge is -2.28. The van der Waals surface area contributed by atoms with Crippen LogP contribution in [0.15, 0.2) is 24.3 Å². The van der Waals surface area contributed by atoms with Gasteiger partial charge in [0.25, 0.3) is 0 Å². The van der Waals surface area contributed by atoms with E-state index >= 15 is 0 Å². The van der Waals surface area contributed by atoms with Gasteiger partial charge in [-0.15, -0.1) is 0 Å². The maximum Gasteiger partial charge on any atom is 0.198 e. The summed E-state index contributed by atoms with van der Waals surface area (Å²) in [6.45, 7) is 2.57. The minimum Gasteiger partial charge on any atom is -0.307 e. The Balaban J connectivity index is 1.47. The summed E-state index contributed by atoms with van der Waals surface area (Å²) in [7, 11) is -0.934. The first-order valence-corrected chi connectivity index (χ1v) is 11.3. The molecular weight excluding hydrogens is 368 g/mol. The minimum atomic E-state index is -2.86. The highest BCUT2D eigenvalue weighted by molar-refractivity contribution is 7.91. The van der Waals surface area contributed by atoms with E-state index in [1.54, 1.807) is 0 Å². The highest BCUT2D eigenvalue weighted by Gasteiger charge is 2.29. The molecule has 2 aromatic rings. The molecule has 0 spiro atoms. The van der Waals surface area contributed by atoms with Crippen LogP contribution in [0.5, 0.6) is 0 Å². The van der Waals surface area contributed by atoms with Crippen molar-refractivity contribution < 1.29 is 8.42 Å². The number of sulfone groups is 1. The standard InChI is InChI=1S/C18H24N4O2S2/c1-20-17(10-14-7-9-26(23,24)12-14)19-22(18(20)25)13-21-8-6-15-4-2-3-5-16(15)11-21/h2-5,14H,6-13H2,1H3. The van der Waals surface area contributed by atoms with Gasteiger partial charge < -0.3 is 4.57 Å². The molecule has 0 N–H and O–H groups in total. The first-order valence-electron chi connectivity index (χ1n) is 9.03. The molecule has 1 aromatic carbocycles. The van der Waals surface area contributed by atoms with Crippen molar-refractivity contribution in [1.82, 2.24) is 19.2 Å². The second kappa shape index (κ2) is 6.90. The van der Waals surface area contributed by atoms with Gasteiger partial charge in [0, 0.05) is 26.6 Å². The van der Waals surface area contributed by atoms with Gasteiger partial charge in [-0.25, -0.2) is 13.1 Å². The SMILES string of the molecule is Cn1c(CC2CCS(=O)(=O)C2)nn(CN2CCc3ccccc3C2)c1=S. The smallest absolute Gasteiger partial charge is 0.198 e. The van der Waals surface area contributed by atoms with Crippen LogP contribution in [0, 0.1) is 10.7 Å². The number of hydrogen-bond acceptors (Lipinski definition) is 5. The Morgan fingerprint density at radius 2 is 2.04 bits per heavy atom. The van der Waals surface area contributed by atoms with Crippen LogP contribution in [0.1, 0.15) is 23.4 Å². The van der Waals surface area contributed by atoms with E-state index in [-0.39, 0.29) is 11.7 Å². The summed E-state index contributed by atoms with van der Waals surface area (Å²) < 4.78 is 27.9. The molecule has 4 rings (SSSR count). The summed E-state index contributed by atoms with van der Waals surface area (Å²) in [5, 5.41) is 4.71. The lowest BCUT2D eigenvalue weighted by Crippen LogP contribution is -2.32. The highest BCUT2D eigenvalue weighted by Crippen LogP contribution is 2.23. The Kier molecular flexibility index (Phi) is 4.75. The Bertz CT molecular complexity index is 977. The Morgan fingerprint density at radius 1 is 1.27 bits per heavy atom. The Labute approximate surface area is 159 Å². The zero-order chi connectivity index (χ0) is 18.3. The molecule has 0 aliphatic carbocycles. The van der Waals surface area contributed by atoms with Gasteiger partial charge in [0.1, 0.15) is 5.82 Å². The Morgan fingerprint density at radius 3 is 2.77 bits per heavy atom. The van der Waals surface area contributed by atoms with Crippen LogP contribution in [0.25, 0.3) is 0 Å². The van der Waals surface area contributed by atoms with Crippen molar-refractivity contribution in [2.45, 2.75) is 32.5 Å². The fourth-order valence-corrected chi connectivity index (χ4v) is 6.02. The summed E-state index contributed by atoms with van der Waals surface area (Å²) in [5.74, 6) is 1.62. The molecule has 26 heavy (non-hydrogen) atoms. The van der Waals surface area contributed by atoms with Crippen LogP contribution in [-0.2, 0) is 42.9 Å². The quantitative estimate of drug-likeness (QED) is 0.745. The molecule has 2 aliphatic rings. The fraction of sp³-hybridized carbons (Fsp3) is 0.556. The number of fused-ring (bicyclic) bond motifs is 1. The third kappa shape index (κ3) is 3.63. The normalized spacial score (nSPS) is 22.4. The predicted molar refractivity (Wildman–Crippen MR) is 103 cm³/mol. The van der Waals surface area contributed by atoms with Crippen molar-refractivity contribution in [1.29, 1.82) is 0 Å². The largest absolute Gasteiger partial charge is 0.307 e. The van der Waals surface area contributed by atoms with E-state index in [9.17, 15) is 8.42 Å². The summed E-state index contributed by atoms with van der Waals surface area (Å²) >= 11 is 5.56. The number of nitrogens with zero attached hydrogens (tertiary/aromatic N) is 4. The second-order valence-corrected chi connectivity index (χ2v) is 10.0. The van der Waals surface area contributed by atoms with E-state index in [1.165, 1.54) is 11.1 Å². The van der Waals surface area contributed by atoms with Crippen LogP contribution < -0.4 is 0 Å². The molecule has 0 radical (unpaired) electrons. The van der Waals surface area contributed by atoms with E-state index in [1.807, 2.05) is 16.3 Å². The third-order valence-electron chi connectivity index (χ3n) is 5.47. The molecular formula is C18H24N4O2S2. The average Bonchev–Trinajstić information content (AvgIpc) is 3.09. The van der Waals surface area contributed by atoms with Crippen molar-refractivity contribution in [3.8, 4) is 0 Å². The first kappa shape index (κ1) is 17.9. The van der Waals surface area contributed by atoms with E-state index < -0.39 is 9.84 Å². The van der Waals surface area contributed by atoms with Gasteiger partial charge in [0.15, 0.2) is 14.6 Å². The number of benzene rings is 1. The van der Waals surface area contributed by atoms with Gasteiger partial charge in [-0.3, -0.25) is 4.90 Å². The van der Waals surface area contributed by atoms with E-state index in [0.29, 0.717) is 23.6 Å². The summed E-state index contributed by atoms with van der Waals surface area (Å²) in [6, 6.07) is 8.57. The summed E-state index contributed by atoms with van der Waals surface area (Å²) in [4.78, 5) is 2.36. The van der Waals surface area contributed by atoms with E-state index in [0.717, 1.165) is 31.8 Å². The summed E-state index contributed by atoms with van der Waals surface area (Å²) in [6.07, 6.45) is 2.45. The fourth-order valence-electron chi connectivity index (χ4n) is 3.96. The molecule has 1 atom stereocenters. The molecule has 2 aliphatic heterocycles. The van der Waals surface area contributed by atoms with Crippen molar-refractivity contribution >= 4 is 22.1 Å². The monoisotopic (exact) mass is 392 g/mol. The molecule has 0 bridgehead atoms. The number of rotatable bonds is 4. The zero-order valence-electron chi connectivity index (χ0n) is 15.0. The molecule has 1 aromatic heterocycles. The van der Waals surface area contributed by atoms with Gasteiger partial charge in [0.2, 0.25) is 0 Å². The average molecular weight is 393 g/mol. The number of aromatic nitrogens is 3. The van der Waals surface area contributed by atoms with Gasteiger partial charge >= 0.3 is 0 Å². The van der Waals surface area contributed by atoms with Crippen molar-refractivity contribution in [3.63, 3.8) is 0 Å². The van der Waals surface area contributed by atoms with Crippen LogP contribution in [0.2, 0.25) is 0 Å². The molecule has 1 unspecified atom stereocenters. The topological polar surface area (TPSA) is 60.1 Å². The molecule has 1 fully saturated rings. The van der Waals surface area contributed by atoms with Crippen molar-refractivity contribution in [2.75, 3.05) is 18.1 Å². The molecule has 0 amide bonds. The predicted octanol–water partition coefficient (Wildman–Crippen LogP) is 1.94. The second-order valence-electron chi connectivity index (χ2n) is 7.44. The van der Waals surface area contributed by atoms with Crippen LogP contribution in [0.3, 0.4) is 0 Å². The van der Waals surface area contributed by atoms with Crippen LogP contribution in [-0.4, -0.2) is 45.7 Å². The maximum absolute atomic E-state index is 11.7. The molecule has 1 saturated heterocycles.